The number of hydrogen-bond donors (Lipinski definition) is 2. The lowest BCUT2D eigenvalue weighted by atomic mass is 10.0. The zero-order valence-corrected chi connectivity index (χ0v) is 26.2. The molecule has 0 radical (unpaired) electrons. The SMILES string of the molecule is CCOc1ncccc1-c1ccc(N2C[C@H]3CN(c4ccc(Cl)cc4C(F)(F)F)C(=O)N3C[C@H]2CC)c(C(=O)N[C@@H]2CCNC2)n1. The van der Waals surface area contributed by atoms with E-state index in [1.54, 1.807) is 17.2 Å². The van der Waals surface area contributed by atoms with Crippen molar-refractivity contribution in [1.29, 1.82) is 0 Å². The lowest BCUT2D eigenvalue weighted by Crippen LogP contribution is -2.58. The van der Waals surface area contributed by atoms with Crippen molar-refractivity contribution in [3.05, 3.63) is 64.9 Å². The average Bonchev–Trinajstić information content (AvgIpc) is 3.67. The maximum Gasteiger partial charge on any atom is 0.418 e. The molecular weight excluding hydrogens is 623 g/mol. The fourth-order valence-corrected chi connectivity index (χ4v) is 6.64. The second-order valence-electron chi connectivity index (χ2n) is 11.6. The minimum atomic E-state index is -4.69. The van der Waals surface area contributed by atoms with Crippen LogP contribution in [0.3, 0.4) is 0 Å². The molecule has 0 spiro atoms. The first-order valence-corrected chi connectivity index (χ1v) is 15.8. The molecule has 0 bridgehead atoms. The van der Waals surface area contributed by atoms with Crippen LogP contribution in [0, 0.1) is 0 Å². The Labute approximate surface area is 269 Å². The molecule has 5 heterocycles. The standard InChI is InChI=1S/C32H35ClF3N7O3/c1-3-21-16-42-22(18-43(31(42)45)26-9-7-19(33)14-24(26)32(34,35)36)17-41(21)27-10-8-25(23-6-5-12-38-30(23)46-4-2)40-28(27)29(44)39-20-11-13-37-15-20/h5-10,12,14,20-22,37H,3-4,11,13,15-18H2,1-2H3,(H,39,44)/t20-,21-,22+/m1/s1. The number of carbonyl (C=O) groups is 2. The normalized spacial score (nSPS) is 21.5. The zero-order valence-electron chi connectivity index (χ0n) is 25.5. The molecule has 3 amide bonds. The van der Waals surface area contributed by atoms with E-state index in [1.807, 2.05) is 32.0 Å². The Morgan fingerprint density at radius 3 is 2.63 bits per heavy atom. The molecule has 3 aliphatic rings. The molecule has 3 atom stereocenters. The second kappa shape index (κ2) is 13.0. The highest BCUT2D eigenvalue weighted by Gasteiger charge is 2.47. The predicted molar refractivity (Wildman–Crippen MR) is 168 cm³/mol. The van der Waals surface area contributed by atoms with Crippen molar-refractivity contribution < 1.29 is 27.5 Å². The Morgan fingerprint density at radius 2 is 1.91 bits per heavy atom. The number of ether oxygens (including phenoxy) is 1. The summed E-state index contributed by atoms with van der Waals surface area (Å²) < 4.78 is 47.7. The van der Waals surface area contributed by atoms with Crippen LogP contribution in [0.4, 0.5) is 29.3 Å². The number of carbonyl (C=O) groups excluding carboxylic acids is 2. The van der Waals surface area contributed by atoms with Crippen LogP contribution < -0.4 is 25.2 Å². The minimum Gasteiger partial charge on any atom is -0.477 e. The third-order valence-electron chi connectivity index (χ3n) is 8.71. The molecule has 3 fully saturated rings. The average molecular weight is 658 g/mol. The molecule has 46 heavy (non-hydrogen) atoms. The van der Waals surface area contributed by atoms with Crippen LogP contribution in [0.15, 0.2) is 48.7 Å². The molecule has 0 aliphatic carbocycles. The topological polar surface area (TPSA) is 103 Å². The summed E-state index contributed by atoms with van der Waals surface area (Å²) >= 11 is 5.91. The number of fused-ring (bicyclic) bond motifs is 1. The first-order valence-electron chi connectivity index (χ1n) is 15.4. The highest BCUT2D eigenvalue weighted by atomic mass is 35.5. The molecule has 6 rings (SSSR count). The molecule has 3 aliphatic heterocycles. The van der Waals surface area contributed by atoms with E-state index in [1.165, 1.54) is 17.0 Å². The summed E-state index contributed by atoms with van der Waals surface area (Å²) in [5, 5.41) is 6.30. The number of nitrogens with one attached hydrogen (secondary N) is 2. The smallest absolute Gasteiger partial charge is 0.418 e. The van der Waals surface area contributed by atoms with Crippen LogP contribution in [-0.4, -0.2) is 84.3 Å². The van der Waals surface area contributed by atoms with Crippen LogP contribution in [0.1, 0.15) is 42.7 Å². The van der Waals surface area contributed by atoms with E-state index in [0.29, 0.717) is 48.9 Å². The lowest BCUT2D eigenvalue weighted by Gasteiger charge is -2.44. The number of aromatic nitrogens is 2. The van der Waals surface area contributed by atoms with Gasteiger partial charge in [-0.05, 0) is 68.8 Å². The molecule has 3 saturated heterocycles. The van der Waals surface area contributed by atoms with Crippen LogP contribution in [0.2, 0.25) is 5.02 Å². The van der Waals surface area contributed by atoms with Crippen molar-refractivity contribution in [2.75, 3.05) is 49.1 Å². The Hall–Kier alpha value is -4.10. The fourth-order valence-electron chi connectivity index (χ4n) is 6.47. The van der Waals surface area contributed by atoms with Crippen molar-refractivity contribution >= 4 is 34.9 Å². The Bertz CT molecular complexity index is 1620. The van der Waals surface area contributed by atoms with E-state index in [-0.39, 0.29) is 47.5 Å². The van der Waals surface area contributed by atoms with Crippen LogP contribution in [0.5, 0.6) is 5.88 Å². The van der Waals surface area contributed by atoms with E-state index in [2.05, 4.69) is 20.5 Å². The van der Waals surface area contributed by atoms with Gasteiger partial charge < -0.3 is 25.2 Å². The fraction of sp³-hybridized carbons (Fsp3) is 0.438. The van der Waals surface area contributed by atoms with Crippen molar-refractivity contribution in [3.8, 4) is 17.1 Å². The monoisotopic (exact) mass is 657 g/mol. The highest BCUT2D eigenvalue weighted by molar-refractivity contribution is 6.30. The summed E-state index contributed by atoms with van der Waals surface area (Å²) in [5.74, 6) is 0.0754. The van der Waals surface area contributed by atoms with Crippen LogP contribution in [0.25, 0.3) is 11.3 Å². The van der Waals surface area contributed by atoms with E-state index in [0.717, 1.165) is 19.0 Å². The number of amides is 3. The third kappa shape index (κ3) is 6.17. The Morgan fingerprint density at radius 1 is 1.11 bits per heavy atom. The summed E-state index contributed by atoms with van der Waals surface area (Å²) in [6.45, 7) is 6.33. The number of piperazine rings is 1. The number of rotatable bonds is 8. The van der Waals surface area contributed by atoms with Gasteiger partial charge in [-0.15, -0.1) is 0 Å². The quantitative estimate of drug-likeness (QED) is 0.343. The molecule has 2 aromatic heterocycles. The first-order chi connectivity index (χ1) is 22.1. The number of anilines is 2. The lowest BCUT2D eigenvalue weighted by molar-refractivity contribution is -0.137. The van der Waals surface area contributed by atoms with Gasteiger partial charge in [-0.25, -0.2) is 14.8 Å². The molecule has 3 aromatic rings. The van der Waals surface area contributed by atoms with Gasteiger partial charge in [0.15, 0.2) is 5.69 Å². The molecule has 2 N–H and O–H groups in total. The molecular formula is C32H35ClF3N7O3. The number of nitrogens with zero attached hydrogens (tertiary/aromatic N) is 5. The summed E-state index contributed by atoms with van der Waals surface area (Å²) in [6.07, 6.45) is -1.65. The number of benzene rings is 1. The number of urea groups is 1. The number of alkyl halides is 3. The van der Waals surface area contributed by atoms with Gasteiger partial charge in [0.25, 0.3) is 5.91 Å². The predicted octanol–water partition coefficient (Wildman–Crippen LogP) is 5.22. The maximum atomic E-state index is 14.0. The van der Waals surface area contributed by atoms with Gasteiger partial charge in [0, 0.05) is 49.5 Å². The molecule has 1 aromatic carbocycles. The summed E-state index contributed by atoms with van der Waals surface area (Å²) in [4.78, 5) is 41.5. The largest absolute Gasteiger partial charge is 0.477 e. The number of hydrogen-bond acceptors (Lipinski definition) is 7. The van der Waals surface area contributed by atoms with Crippen molar-refractivity contribution in [1.82, 2.24) is 25.5 Å². The van der Waals surface area contributed by atoms with Gasteiger partial charge in [-0.1, -0.05) is 18.5 Å². The molecule has 14 heteroatoms. The van der Waals surface area contributed by atoms with Crippen molar-refractivity contribution in [2.45, 2.75) is 51.0 Å². The zero-order chi connectivity index (χ0) is 32.6. The molecule has 10 nitrogen and oxygen atoms in total. The van der Waals surface area contributed by atoms with Crippen molar-refractivity contribution in [2.24, 2.45) is 0 Å². The maximum absolute atomic E-state index is 14.0. The summed E-state index contributed by atoms with van der Waals surface area (Å²) in [7, 11) is 0. The Kier molecular flexibility index (Phi) is 8.97. The minimum absolute atomic E-state index is 0.0463. The van der Waals surface area contributed by atoms with Gasteiger partial charge in [0.05, 0.1) is 40.8 Å². The first kappa shape index (κ1) is 31.9. The number of pyridine rings is 2. The second-order valence-corrected chi connectivity index (χ2v) is 12.0. The highest BCUT2D eigenvalue weighted by Crippen LogP contribution is 2.41. The van der Waals surface area contributed by atoms with Gasteiger partial charge in [-0.3, -0.25) is 9.69 Å². The molecule has 244 valence electrons. The Balaban J connectivity index is 1.36. The van der Waals surface area contributed by atoms with Gasteiger partial charge in [0.2, 0.25) is 5.88 Å². The van der Waals surface area contributed by atoms with E-state index >= 15 is 0 Å². The molecule has 0 unspecified atom stereocenters. The van der Waals surface area contributed by atoms with E-state index < -0.39 is 23.8 Å². The summed E-state index contributed by atoms with van der Waals surface area (Å²) in [5.41, 5.74) is 0.790. The van der Waals surface area contributed by atoms with Gasteiger partial charge in [0.1, 0.15) is 0 Å². The van der Waals surface area contributed by atoms with Crippen LogP contribution in [-0.2, 0) is 6.18 Å². The van der Waals surface area contributed by atoms with Crippen molar-refractivity contribution in [3.63, 3.8) is 0 Å². The summed E-state index contributed by atoms with van der Waals surface area (Å²) in [6, 6.07) is 9.54. The van der Waals surface area contributed by atoms with E-state index in [4.69, 9.17) is 21.3 Å². The van der Waals surface area contributed by atoms with Gasteiger partial charge >= 0.3 is 12.2 Å². The number of halogens is 4. The molecule has 0 saturated carbocycles. The van der Waals surface area contributed by atoms with E-state index in [9.17, 15) is 22.8 Å². The van der Waals surface area contributed by atoms with Crippen LogP contribution >= 0.6 is 11.6 Å². The third-order valence-corrected chi connectivity index (χ3v) is 8.95. The van der Waals surface area contributed by atoms with Gasteiger partial charge in [-0.2, -0.15) is 13.2 Å².